The summed E-state index contributed by atoms with van der Waals surface area (Å²) >= 11 is 1.27. The maximum Gasteiger partial charge on any atom is 0.254 e. The highest BCUT2D eigenvalue weighted by Crippen LogP contribution is 2.23. The van der Waals surface area contributed by atoms with Gasteiger partial charge in [0.15, 0.2) is 0 Å². The highest BCUT2D eigenvalue weighted by atomic mass is 32.2. The Morgan fingerprint density at radius 1 is 1.16 bits per heavy atom. The van der Waals surface area contributed by atoms with Crippen LogP contribution < -0.4 is 10.5 Å². The van der Waals surface area contributed by atoms with Crippen molar-refractivity contribution < 1.29 is 14.3 Å². The molecule has 0 saturated heterocycles. The second kappa shape index (κ2) is 9.13. The fourth-order valence-electron chi connectivity index (χ4n) is 2.23. The maximum absolute atomic E-state index is 12.6. The van der Waals surface area contributed by atoms with Crippen LogP contribution in [0.15, 0.2) is 53.4 Å². The Balaban J connectivity index is 1.94. The number of thioether (sulfide) groups is 1. The number of ether oxygens (including phenoxy) is 1. The third-order valence-corrected chi connectivity index (χ3v) is 4.61. The lowest BCUT2D eigenvalue weighted by molar-refractivity contribution is -0.115. The number of rotatable bonds is 8. The van der Waals surface area contributed by atoms with Gasteiger partial charge in [0.2, 0.25) is 5.91 Å². The Labute approximate surface area is 152 Å². The maximum atomic E-state index is 12.6. The molecule has 5 nitrogen and oxygen atoms in total. The number of hydrogen-bond acceptors (Lipinski definition) is 4. The molecule has 0 aromatic heterocycles. The molecule has 6 heteroatoms. The number of carbonyl (C=O) groups excluding carboxylic acids is 2. The van der Waals surface area contributed by atoms with Crippen LogP contribution in [0.1, 0.15) is 15.9 Å². The minimum atomic E-state index is -0.410. The SMILES string of the molecule is Cc1cccc(OCCN(C)C(=O)c2ccccc2SCC(N)=O)c1. The van der Waals surface area contributed by atoms with E-state index >= 15 is 0 Å². The molecule has 0 aliphatic carbocycles. The van der Waals surface area contributed by atoms with Gasteiger partial charge in [0, 0.05) is 11.9 Å². The second-order valence-corrected chi connectivity index (χ2v) is 6.66. The zero-order chi connectivity index (χ0) is 18.2. The summed E-state index contributed by atoms with van der Waals surface area (Å²) in [7, 11) is 1.73. The summed E-state index contributed by atoms with van der Waals surface area (Å²) in [6.07, 6.45) is 0. The van der Waals surface area contributed by atoms with Crippen molar-refractivity contribution in [3.05, 3.63) is 59.7 Å². The largest absolute Gasteiger partial charge is 0.492 e. The number of benzene rings is 2. The lowest BCUT2D eigenvalue weighted by Crippen LogP contribution is -2.31. The summed E-state index contributed by atoms with van der Waals surface area (Å²) in [6, 6.07) is 15.0. The van der Waals surface area contributed by atoms with E-state index < -0.39 is 5.91 Å². The van der Waals surface area contributed by atoms with E-state index in [1.54, 1.807) is 24.1 Å². The van der Waals surface area contributed by atoms with Gasteiger partial charge in [0.25, 0.3) is 5.91 Å². The molecule has 0 saturated carbocycles. The molecule has 0 bridgehead atoms. The molecule has 2 aromatic carbocycles. The Morgan fingerprint density at radius 2 is 1.92 bits per heavy atom. The Hall–Kier alpha value is -2.47. The van der Waals surface area contributed by atoms with E-state index in [0.29, 0.717) is 18.7 Å². The van der Waals surface area contributed by atoms with E-state index in [1.807, 2.05) is 43.3 Å². The Kier molecular flexibility index (Phi) is 6.89. The predicted molar refractivity (Wildman–Crippen MR) is 100.0 cm³/mol. The zero-order valence-corrected chi connectivity index (χ0v) is 15.2. The van der Waals surface area contributed by atoms with Gasteiger partial charge in [-0.1, -0.05) is 24.3 Å². The number of amides is 2. The molecular weight excluding hydrogens is 336 g/mol. The van der Waals surface area contributed by atoms with Crippen molar-refractivity contribution in [3.8, 4) is 5.75 Å². The highest BCUT2D eigenvalue weighted by Gasteiger charge is 2.16. The van der Waals surface area contributed by atoms with Crippen molar-refractivity contribution in [3.63, 3.8) is 0 Å². The monoisotopic (exact) mass is 358 g/mol. The van der Waals surface area contributed by atoms with E-state index in [-0.39, 0.29) is 11.7 Å². The molecule has 2 aromatic rings. The van der Waals surface area contributed by atoms with Crippen molar-refractivity contribution >= 4 is 23.6 Å². The van der Waals surface area contributed by atoms with Crippen LogP contribution in [-0.2, 0) is 4.79 Å². The van der Waals surface area contributed by atoms with Crippen LogP contribution in [0.5, 0.6) is 5.75 Å². The van der Waals surface area contributed by atoms with E-state index in [1.165, 1.54) is 11.8 Å². The van der Waals surface area contributed by atoms with Crippen LogP contribution in [0.25, 0.3) is 0 Å². The van der Waals surface area contributed by atoms with E-state index in [0.717, 1.165) is 16.2 Å². The molecule has 0 unspecified atom stereocenters. The van der Waals surface area contributed by atoms with Gasteiger partial charge in [-0.2, -0.15) is 0 Å². The summed E-state index contributed by atoms with van der Waals surface area (Å²) in [5.41, 5.74) is 6.88. The first-order chi connectivity index (χ1) is 12.0. The third kappa shape index (κ3) is 5.83. The second-order valence-electron chi connectivity index (χ2n) is 5.64. The lowest BCUT2D eigenvalue weighted by Gasteiger charge is -2.19. The standard InChI is InChI=1S/C19H22N2O3S/c1-14-6-5-7-15(12-14)24-11-10-21(2)19(23)16-8-3-4-9-17(16)25-13-18(20)22/h3-9,12H,10-11,13H2,1-2H3,(H2,20,22). The summed E-state index contributed by atoms with van der Waals surface area (Å²) in [6.45, 7) is 2.87. The smallest absolute Gasteiger partial charge is 0.254 e. The number of likely N-dealkylation sites (N-methyl/N-ethyl adjacent to an activating group) is 1. The van der Waals surface area contributed by atoms with Gasteiger partial charge in [-0.05, 0) is 36.8 Å². The average Bonchev–Trinajstić information content (AvgIpc) is 2.59. The Bertz CT molecular complexity index is 749. The first kappa shape index (κ1) is 18.9. The molecule has 2 N–H and O–H groups in total. The van der Waals surface area contributed by atoms with Gasteiger partial charge < -0.3 is 15.4 Å². The molecule has 0 fully saturated rings. The van der Waals surface area contributed by atoms with Crippen LogP contribution in [0.4, 0.5) is 0 Å². The molecule has 0 spiro atoms. The number of hydrogen-bond donors (Lipinski definition) is 1. The molecular formula is C19H22N2O3S. The number of nitrogens with two attached hydrogens (primary N) is 1. The van der Waals surface area contributed by atoms with Crippen LogP contribution in [0.3, 0.4) is 0 Å². The number of carbonyl (C=O) groups is 2. The van der Waals surface area contributed by atoms with E-state index in [4.69, 9.17) is 10.5 Å². The number of aryl methyl sites for hydroxylation is 1. The molecule has 25 heavy (non-hydrogen) atoms. The van der Waals surface area contributed by atoms with Crippen molar-refractivity contribution in [1.82, 2.24) is 4.90 Å². The summed E-state index contributed by atoms with van der Waals surface area (Å²) in [5.74, 6) is 0.413. The zero-order valence-electron chi connectivity index (χ0n) is 14.4. The summed E-state index contributed by atoms with van der Waals surface area (Å²) in [5, 5.41) is 0. The van der Waals surface area contributed by atoms with E-state index in [2.05, 4.69) is 0 Å². The van der Waals surface area contributed by atoms with Crippen molar-refractivity contribution in [1.29, 1.82) is 0 Å². The van der Waals surface area contributed by atoms with Crippen molar-refractivity contribution in [2.45, 2.75) is 11.8 Å². The van der Waals surface area contributed by atoms with Gasteiger partial charge in [0.05, 0.1) is 17.9 Å². The summed E-state index contributed by atoms with van der Waals surface area (Å²) < 4.78 is 5.69. The first-order valence-corrected chi connectivity index (χ1v) is 8.91. The van der Waals surface area contributed by atoms with E-state index in [9.17, 15) is 9.59 Å². The van der Waals surface area contributed by atoms with Crippen LogP contribution >= 0.6 is 11.8 Å². The minimum Gasteiger partial charge on any atom is -0.492 e. The average molecular weight is 358 g/mol. The topological polar surface area (TPSA) is 72.6 Å². The fraction of sp³-hybridized carbons (Fsp3) is 0.263. The van der Waals surface area contributed by atoms with Crippen LogP contribution in [-0.4, -0.2) is 42.7 Å². The molecule has 0 aliphatic heterocycles. The fourth-order valence-corrected chi connectivity index (χ4v) is 3.01. The molecule has 2 amide bonds. The number of primary amides is 1. The van der Waals surface area contributed by atoms with Gasteiger partial charge in [-0.3, -0.25) is 9.59 Å². The van der Waals surface area contributed by atoms with Gasteiger partial charge in [0.1, 0.15) is 12.4 Å². The highest BCUT2D eigenvalue weighted by molar-refractivity contribution is 8.00. The molecule has 0 radical (unpaired) electrons. The number of nitrogens with zero attached hydrogens (tertiary/aromatic N) is 1. The Morgan fingerprint density at radius 3 is 2.64 bits per heavy atom. The summed E-state index contributed by atoms with van der Waals surface area (Å²) in [4.78, 5) is 26.0. The van der Waals surface area contributed by atoms with Crippen LogP contribution in [0.2, 0.25) is 0 Å². The van der Waals surface area contributed by atoms with Crippen LogP contribution in [0, 0.1) is 6.92 Å². The molecule has 2 rings (SSSR count). The van der Waals surface area contributed by atoms with Gasteiger partial charge >= 0.3 is 0 Å². The van der Waals surface area contributed by atoms with Gasteiger partial charge in [-0.15, -0.1) is 11.8 Å². The quantitative estimate of drug-likeness (QED) is 0.737. The van der Waals surface area contributed by atoms with Crippen molar-refractivity contribution in [2.75, 3.05) is 26.0 Å². The minimum absolute atomic E-state index is 0.111. The van der Waals surface area contributed by atoms with Crippen molar-refractivity contribution in [2.24, 2.45) is 5.73 Å². The third-order valence-electron chi connectivity index (χ3n) is 3.52. The molecule has 0 heterocycles. The normalized spacial score (nSPS) is 10.3. The van der Waals surface area contributed by atoms with Gasteiger partial charge in [-0.25, -0.2) is 0 Å². The molecule has 0 atom stereocenters. The molecule has 0 aliphatic rings. The first-order valence-electron chi connectivity index (χ1n) is 7.92. The predicted octanol–water partition coefficient (Wildman–Crippen LogP) is 2.72. The molecule has 132 valence electrons. The lowest BCUT2D eigenvalue weighted by atomic mass is 10.2.